The van der Waals surface area contributed by atoms with E-state index in [1.807, 2.05) is 24.3 Å². The van der Waals surface area contributed by atoms with E-state index in [0.29, 0.717) is 11.3 Å². The van der Waals surface area contributed by atoms with Crippen molar-refractivity contribution in [3.8, 4) is 17.6 Å². The molecule has 7 heteroatoms. The number of hydrogen-bond acceptors (Lipinski definition) is 5. The number of methoxy groups -OCH3 is 1. The van der Waals surface area contributed by atoms with Gasteiger partial charge in [0.1, 0.15) is 17.6 Å². The first-order valence-electron chi connectivity index (χ1n) is 7.74. The molecule has 0 heterocycles. The van der Waals surface area contributed by atoms with Crippen LogP contribution in [0.2, 0.25) is 19.6 Å². The third-order valence-corrected chi connectivity index (χ3v) is 6.83. The Morgan fingerprint density at radius 3 is 2.44 bits per heavy atom. The largest absolute Gasteiger partial charge is 0.497 e. The fourth-order valence-electron chi connectivity index (χ4n) is 2.29. The fraction of sp³-hybridized carbons (Fsp3) is 0.278. The fourth-order valence-corrected chi connectivity index (χ4v) is 4.56. The second-order valence-corrected chi connectivity index (χ2v) is 13.4. The van der Waals surface area contributed by atoms with E-state index in [-0.39, 0.29) is 17.1 Å². The molecular weight excluding hydrogens is 354 g/mol. The van der Waals surface area contributed by atoms with Crippen LogP contribution in [0.15, 0.2) is 42.5 Å². The van der Waals surface area contributed by atoms with Gasteiger partial charge >= 0.3 is 10.1 Å². The zero-order valence-electron chi connectivity index (χ0n) is 14.7. The Kier molecular flexibility index (Phi) is 5.55. The molecule has 2 rings (SSSR count). The standard InChI is InChI=1S/C18H21NO4SSi/c1-22-16-9-8-15(12-19)18(11-16)23-24(20,21)13-14-6-5-7-17(10-14)25(2,3)4/h5-11H,13H2,1-4H3. The summed E-state index contributed by atoms with van der Waals surface area (Å²) in [6.45, 7) is 6.60. The summed E-state index contributed by atoms with van der Waals surface area (Å²) < 4.78 is 35.1. The molecule has 0 saturated carbocycles. The van der Waals surface area contributed by atoms with Crippen molar-refractivity contribution in [2.45, 2.75) is 25.4 Å². The Labute approximate surface area is 150 Å². The molecule has 0 bridgehead atoms. The van der Waals surface area contributed by atoms with Crippen molar-refractivity contribution in [3.05, 3.63) is 53.6 Å². The highest BCUT2D eigenvalue weighted by Crippen LogP contribution is 2.26. The Bertz CT molecular complexity index is 911. The van der Waals surface area contributed by atoms with Gasteiger partial charge in [-0.25, -0.2) is 0 Å². The molecule has 25 heavy (non-hydrogen) atoms. The number of benzene rings is 2. The molecular formula is C18H21NO4SSi. The van der Waals surface area contributed by atoms with E-state index in [4.69, 9.17) is 14.2 Å². The maximum absolute atomic E-state index is 12.4. The minimum absolute atomic E-state index is 0.0248. The van der Waals surface area contributed by atoms with E-state index in [2.05, 4.69) is 19.6 Å². The van der Waals surface area contributed by atoms with Crippen LogP contribution < -0.4 is 14.1 Å². The molecule has 0 aliphatic rings. The smallest absolute Gasteiger partial charge is 0.313 e. The normalized spacial score (nSPS) is 11.6. The molecule has 0 amide bonds. The lowest BCUT2D eigenvalue weighted by atomic mass is 10.2. The zero-order chi connectivity index (χ0) is 18.7. The van der Waals surface area contributed by atoms with Gasteiger partial charge in [-0.05, 0) is 17.7 Å². The maximum Gasteiger partial charge on any atom is 0.313 e. The monoisotopic (exact) mass is 375 g/mol. The van der Waals surface area contributed by atoms with Crippen LogP contribution in [-0.2, 0) is 15.9 Å². The van der Waals surface area contributed by atoms with Crippen LogP contribution in [0.3, 0.4) is 0 Å². The first-order chi connectivity index (χ1) is 11.6. The van der Waals surface area contributed by atoms with Crippen molar-refractivity contribution in [2.75, 3.05) is 7.11 Å². The summed E-state index contributed by atoms with van der Waals surface area (Å²) in [5.74, 6) is 0.140. The van der Waals surface area contributed by atoms with Gasteiger partial charge in [-0.2, -0.15) is 13.7 Å². The van der Waals surface area contributed by atoms with E-state index in [0.717, 1.165) is 0 Å². The highest BCUT2D eigenvalue weighted by molar-refractivity contribution is 7.86. The lowest BCUT2D eigenvalue weighted by Crippen LogP contribution is -2.37. The second kappa shape index (κ2) is 7.29. The number of nitriles is 1. The zero-order valence-corrected chi connectivity index (χ0v) is 16.6. The Balaban J connectivity index is 2.28. The Morgan fingerprint density at radius 1 is 1.12 bits per heavy atom. The van der Waals surface area contributed by atoms with Gasteiger partial charge in [-0.15, -0.1) is 0 Å². The molecule has 2 aromatic rings. The van der Waals surface area contributed by atoms with Crippen molar-refractivity contribution in [1.82, 2.24) is 0 Å². The quantitative estimate of drug-likeness (QED) is 0.573. The lowest BCUT2D eigenvalue weighted by molar-refractivity contribution is 0.411. The van der Waals surface area contributed by atoms with Crippen LogP contribution in [0.25, 0.3) is 0 Å². The molecule has 0 spiro atoms. The average molecular weight is 376 g/mol. The van der Waals surface area contributed by atoms with E-state index < -0.39 is 18.2 Å². The van der Waals surface area contributed by atoms with Gasteiger partial charge in [-0.1, -0.05) is 49.1 Å². The van der Waals surface area contributed by atoms with Gasteiger partial charge in [0, 0.05) is 6.07 Å². The van der Waals surface area contributed by atoms with Crippen molar-refractivity contribution < 1.29 is 17.3 Å². The Hall–Kier alpha value is -2.30. The molecule has 0 atom stereocenters. The SMILES string of the molecule is COc1ccc(C#N)c(OS(=O)(=O)Cc2cccc([Si](C)(C)C)c2)c1. The van der Waals surface area contributed by atoms with E-state index >= 15 is 0 Å². The molecule has 132 valence electrons. The molecule has 0 radical (unpaired) electrons. The van der Waals surface area contributed by atoms with E-state index in [1.165, 1.54) is 24.4 Å². The van der Waals surface area contributed by atoms with Crippen molar-refractivity contribution >= 4 is 23.4 Å². The summed E-state index contributed by atoms with van der Waals surface area (Å²) in [6.07, 6.45) is 0. The summed E-state index contributed by atoms with van der Waals surface area (Å²) in [5, 5.41) is 10.3. The predicted molar refractivity (Wildman–Crippen MR) is 100 cm³/mol. The first-order valence-corrected chi connectivity index (χ1v) is 12.8. The molecule has 5 nitrogen and oxygen atoms in total. The van der Waals surface area contributed by atoms with Gasteiger partial charge in [0.15, 0.2) is 5.75 Å². The molecule has 0 aromatic heterocycles. The van der Waals surface area contributed by atoms with Gasteiger partial charge in [0.25, 0.3) is 0 Å². The first kappa shape index (κ1) is 19.0. The molecule has 0 N–H and O–H groups in total. The van der Waals surface area contributed by atoms with E-state index in [9.17, 15) is 8.42 Å². The number of hydrogen-bond donors (Lipinski definition) is 0. The van der Waals surface area contributed by atoms with Crippen LogP contribution >= 0.6 is 0 Å². The molecule has 0 aliphatic carbocycles. The highest BCUT2D eigenvalue weighted by Gasteiger charge is 2.20. The summed E-state index contributed by atoms with van der Waals surface area (Å²) in [4.78, 5) is 0. The van der Waals surface area contributed by atoms with Crippen LogP contribution in [-0.4, -0.2) is 23.6 Å². The number of ether oxygens (including phenoxy) is 1. The summed E-state index contributed by atoms with van der Waals surface area (Å²) in [5.41, 5.74) is 0.807. The van der Waals surface area contributed by atoms with Crippen LogP contribution in [0, 0.1) is 11.3 Å². The molecule has 0 unspecified atom stereocenters. The molecule has 0 saturated heterocycles. The van der Waals surface area contributed by atoms with Gasteiger partial charge < -0.3 is 8.92 Å². The van der Waals surface area contributed by atoms with Gasteiger partial charge in [0.05, 0.1) is 20.7 Å². The van der Waals surface area contributed by atoms with Crippen LogP contribution in [0.5, 0.6) is 11.5 Å². The number of rotatable bonds is 6. The topological polar surface area (TPSA) is 76.4 Å². The van der Waals surface area contributed by atoms with Crippen molar-refractivity contribution in [2.24, 2.45) is 0 Å². The second-order valence-electron chi connectivity index (χ2n) is 6.71. The van der Waals surface area contributed by atoms with E-state index in [1.54, 1.807) is 12.1 Å². The van der Waals surface area contributed by atoms with Crippen molar-refractivity contribution in [1.29, 1.82) is 5.26 Å². The summed E-state index contributed by atoms with van der Waals surface area (Å²) in [6, 6.07) is 13.9. The Morgan fingerprint density at radius 2 is 1.84 bits per heavy atom. The molecule has 0 fully saturated rings. The molecule has 0 aliphatic heterocycles. The van der Waals surface area contributed by atoms with Crippen LogP contribution in [0.4, 0.5) is 0 Å². The third kappa shape index (κ3) is 5.08. The predicted octanol–water partition coefficient (Wildman–Crippen LogP) is 3.02. The summed E-state index contributed by atoms with van der Waals surface area (Å²) >= 11 is 0. The minimum atomic E-state index is -3.90. The third-order valence-electron chi connectivity index (χ3n) is 3.66. The lowest BCUT2D eigenvalue weighted by Gasteiger charge is -2.17. The highest BCUT2D eigenvalue weighted by atomic mass is 32.2. The maximum atomic E-state index is 12.4. The molecule has 2 aromatic carbocycles. The number of nitrogens with zero attached hydrogens (tertiary/aromatic N) is 1. The van der Waals surface area contributed by atoms with Gasteiger partial charge in [-0.3, -0.25) is 0 Å². The summed E-state index contributed by atoms with van der Waals surface area (Å²) in [7, 11) is -3.98. The average Bonchev–Trinajstić information content (AvgIpc) is 2.53. The minimum Gasteiger partial charge on any atom is -0.497 e. The van der Waals surface area contributed by atoms with Crippen LogP contribution in [0.1, 0.15) is 11.1 Å². The van der Waals surface area contributed by atoms with Gasteiger partial charge in [0.2, 0.25) is 0 Å². The van der Waals surface area contributed by atoms with Crippen molar-refractivity contribution in [3.63, 3.8) is 0 Å².